The Morgan fingerprint density at radius 2 is 2.35 bits per heavy atom. The molecule has 110 valence electrons. The molecule has 2 unspecified atom stereocenters. The molecule has 1 saturated heterocycles. The monoisotopic (exact) mass is 276 g/mol. The molecule has 1 aromatic heterocycles. The Morgan fingerprint density at radius 3 is 3.05 bits per heavy atom. The number of hydrogen-bond donors (Lipinski definition) is 2. The fourth-order valence-corrected chi connectivity index (χ4v) is 2.55. The molecule has 1 aromatic rings. The molecule has 0 aliphatic carbocycles. The lowest BCUT2D eigenvalue weighted by Gasteiger charge is -2.35. The van der Waals surface area contributed by atoms with E-state index in [0.717, 1.165) is 25.1 Å². The summed E-state index contributed by atoms with van der Waals surface area (Å²) in [6.45, 7) is 5.87. The van der Waals surface area contributed by atoms with E-state index in [4.69, 9.17) is 0 Å². The first-order valence-electron chi connectivity index (χ1n) is 7.31. The zero-order valence-electron chi connectivity index (χ0n) is 12.5. The van der Waals surface area contributed by atoms with Crippen molar-refractivity contribution in [3.05, 3.63) is 24.0 Å². The van der Waals surface area contributed by atoms with Gasteiger partial charge in [-0.1, -0.05) is 0 Å². The summed E-state index contributed by atoms with van der Waals surface area (Å²) in [4.78, 5) is 18.3. The van der Waals surface area contributed by atoms with Crippen molar-refractivity contribution in [2.75, 3.05) is 25.5 Å². The average molecular weight is 276 g/mol. The van der Waals surface area contributed by atoms with Crippen molar-refractivity contribution in [3.8, 4) is 0 Å². The van der Waals surface area contributed by atoms with Gasteiger partial charge in [-0.2, -0.15) is 0 Å². The van der Waals surface area contributed by atoms with Crippen molar-refractivity contribution >= 4 is 11.6 Å². The van der Waals surface area contributed by atoms with E-state index in [9.17, 15) is 4.79 Å². The van der Waals surface area contributed by atoms with Crippen LogP contribution >= 0.6 is 0 Å². The van der Waals surface area contributed by atoms with Crippen LogP contribution in [0.4, 0.5) is 5.69 Å². The third-order valence-corrected chi connectivity index (χ3v) is 3.91. The predicted molar refractivity (Wildman–Crippen MR) is 81.0 cm³/mol. The van der Waals surface area contributed by atoms with E-state index in [1.54, 1.807) is 6.20 Å². The molecule has 2 N–H and O–H groups in total. The van der Waals surface area contributed by atoms with Gasteiger partial charge in [-0.15, -0.1) is 0 Å². The minimum atomic E-state index is -0.118. The molecular weight excluding hydrogens is 252 g/mol. The lowest BCUT2D eigenvalue weighted by Crippen LogP contribution is -2.42. The van der Waals surface area contributed by atoms with Gasteiger partial charge in [0.25, 0.3) is 5.91 Å². The lowest BCUT2D eigenvalue weighted by atomic mass is 9.99. The Balaban J connectivity index is 1.99. The SMILES string of the molecule is CCNC(=O)c1cc(NC2CCN(C)C(C)C2)ccn1. The number of nitrogens with zero attached hydrogens (tertiary/aromatic N) is 2. The van der Waals surface area contributed by atoms with Crippen LogP contribution in [0.25, 0.3) is 0 Å². The summed E-state index contributed by atoms with van der Waals surface area (Å²) in [5, 5.41) is 6.29. The normalized spacial score (nSPS) is 23.4. The van der Waals surface area contributed by atoms with Crippen LogP contribution in [-0.2, 0) is 0 Å². The van der Waals surface area contributed by atoms with Crippen LogP contribution in [0.3, 0.4) is 0 Å². The maximum Gasteiger partial charge on any atom is 0.269 e. The third kappa shape index (κ3) is 3.70. The van der Waals surface area contributed by atoms with Gasteiger partial charge in [0.1, 0.15) is 5.69 Å². The van der Waals surface area contributed by atoms with Gasteiger partial charge < -0.3 is 15.5 Å². The van der Waals surface area contributed by atoms with Crippen molar-refractivity contribution < 1.29 is 4.79 Å². The Morgan fingerprint density at radius 1 is 1.55 bits per heavy atom. The highest BCUT2D eigenvalue weighted by atomic mass is 16.1. The molecule has 0 aromatic carbocycles. The standard InChI is InChI=1S/C15H24N4O/c1-4-16-15(20)14-10-12(5-7-17-14)18-13-6-8-19(3)11(2)9-13/h5,7,10-11,13H,4,6,8-9H2,1-3H3,(H,16,20)(H,17,18). The summed E-state index contributed by atoms with van der Waals surface area (Å²) in [6, 6.07) is 4.80. The van der Waals surface area contributed by atoms with E-state index in [-0.39, 0.29) is 5.91 Å². The van der Waals surface area contributed by atoms with Crippen molar-refractivity contribution in [2.24, 2.45) is 0 Å². The smallest absolute Gasteiger partial charge is 0.269 e. The predicted octanol–water partition coefficient (Wildman–Crippen LogP) is 1.73. The first-order chi connectivity index (χ1) is 9.60. The second-order valence-electron chi connectivity index (χ2n) is 5.48. The van der Waals surface area contributed by atoms with Crippen molar-refractivity contribution in [1.29, 1.82) is 0 Å². The number of rotatable bonds is 4. The van der Waals surface area contributed by atoms with Gasteiger partial charge in [-0.3, -0.25) is 9.78 Å². The quantitative estimate of drug-likeness (QED) is 0.879. The maximum absolute atomic E-state index is 11.8. The van der Waals surface area contributed by atoms with Gasteiger partial charge in [-0.05, 0) is 45.9 Å². The van der Waals surface area contributed by atoms with E-state index in [1.807, 2.05) is 19.1 Å². The molecule has 2 atom stereocenters. The van der Waals surface area contributed by atoms with Crippen LogP contribution in [0.15, 0.2) is 18.3 Å². The zero-order valence-corrected chi connectivity index (χ0v) is 12.5. The molecule has 0 saturated carbocycles. The summed E-state index contributed by atoms with van der Waals surface area (Å²) in [7, 11) is 2.17. The molecule has 2 heterocycles. The number of amides is 1. The number of nitrogens with one attached hydrogen (secondary N) is 2. The molecular formula is C15H24N4O. The molecule has 1 amide bonds. The fourth-order valence-electron chi connectivity index (χ4n) is 2.55. The van der Waals surface area contributed by atoms with Crippen LogP contribution in [0, 0.1) is 0 Å². The van der Waals surface area contributed by atoms with Crippen LogP contribution in [0.2, 0.25) is 0 Å². The van der Waals surface area contributed by atoms with E-state index >= 15 is 0 Å². The lowest BCUT2D eigenvalue weighted by molar-refractivity contribution is 0.0951. The molecule has 5 nitrogen and oxygen atoms in total. The van der Waals surface area contributed by atoms with Crippen molar-refractivity contribution in [1.82, 2.24) is 15.2 Å². The highest BCUT2D eigenvalue weighted by Crippen LogP contribution is 2.20. The maximum atomic E-state index is 11.8. The topological polar surface area (TPSA) is 57.3 Å². The van der Waals surface area contributed by atoms with E-state index in [2.05, 4.69) is 34.5 Å². The van der Waals surface area contributed by atoms with Gasteiger partial charge in [0.2, 0.25) is 0 Å². The van der Waals surface area contributed by atoms with Crippen LogP contribution in [0.1, 0.15) is 37.2 Å². The Kier molecular flexibility index (Phi) is 4.95. The van der Waals surface area contributed by atoms with Gasteiger partial charge in [0, 0.05) is 37.1 Å². The summed E-state index contributed by atoms with van der Waals surface area (Å²) < 4.78 is 0. The molecule has 0 bridgehead atoms. The first kappa shape index (κ1) is 14.8. The Bertz CT molecular complexity index is 463. The number of aromatic nitrogens is 1. The highest BCUT2D eigenvalue weighted by Gasteiger charge is 2.22. The van der Waals surface area contributed by atoms with Crippen LogP contribution in [0.5, 0.6) is 0 Å². The first-order valence-corrected chi connectivity index (χ1v) is 7.31. The van der Waals surface area contributed by atoms with E-state index < -0.39 is 0 Å². The van der Waals surface area contributed by atoms with Gasteiger partial charge in [0.15, 0.2) is 0 Å². The van der Waals surface area contributed by atoms with Gasteiger partial charge in [-0.25, -0.2) is 0 Å². The Hall–Kier alpha value is -1.62. The van der Waals surface area contributed by atoms with Crippen molar-refractivity contribution in [3.63, 3.8) is 0 Å². The minimum Gasteiger partial charge on any atom is -0.382 e. The number of hydrogen-bond acceptors (Lipinski definition) is 4. The molecule has 1 aliphatic rings. The van der Waals surface area contributed by atoms with Gasteiger partial charge in [0.05, 0.1) is 0 Å². The molecule has 5 heteroatoms. The second-order valence-corrected chi connectivity index (χ2v) is 5.48. The van der Waals surface area contributed by atoms with E-state index in [0.29, 0.717) is 24.3 Å². The Labute approximate surface area is 120 Å². The average Bonchev–Trinajstić information content (AvgIpc) is 2.43. The van der Waals surface area contributed by atoms with Crippen molar-refractivity contribution in [2.45, 2.75) is 38.8 Å². The van der Waals surface area contributed by atoms with Gasteiger partial charge >= 0.3 is 0 Å². The summed E-state index contributed by atoms with van der Waals surface area (Å²) in [5.74, 6) is -0.118. The summed E-state index contributed by atoms with van der Waals surface area (Å²) in [6.07, 6.45) is 3.93. The molecule has 20 heavy (non-hydrogen) atoms. The molecule has 0 spiro atoms. The van der Waals surface area contributed by atoms with Crippen LogP contribution in [-0.4, -0.2) is 48.0 Å². The third-order valence-electron chi connectivity index (χ3n) is 3.91. The van der Waals surface area contributed by atoms with E-state index in [1.165, 1.54) is 0 Å². The summed E-state index contributed by atoms with van der Waals surface area (Å²) >= 11 is 0. The molecule has 2 rings (SSSR count). The highest BCUT2D eigenvalue weighted by molar-refractivity contribution is 5.93. The number of carbonyl (C=O) groups is 1. The number of piperidine rings is 1. The fraction of sp³-hybridized carbons (Fsp3) is 0.600. The summed E-state index contributed by atoms with van der Waals surface area (Å²) in [5.41, 5.74) is 1.45. The number of pyridine rings is 1. The minimum absolute atomic E-state index is 0.118. The largest absolute Gasteiger partial charge is 0.382 e. The van der Waals surface area contributed by atoms with Crippen LogP contribution < -0.4 is 10.6 Å². The number of carbonyl (C=O) groups excluding carboxylic acids is 1. The molecule has 1 fully saturated rings. The number of likely N-dealkylation sites (tertiary alicyclic amines) is 1. The zero-order chi connectivity index (χ0) is 14.5. The molecule has 1 aliphatic heterocycles. The molecule has 0 radical (unpaired) electrons. The second kappa shape index (κ2) is 6.70. The number of anilines is 1.